The van der Waals surface area contributed by atoms with Crippen LogP contribution in [0.4, 0.5) is 5.69 Å². The van der Waals surface area contributed by atoms with Gasteiger partial charge in [-0.3, -0.25) is 14.2 Å². The van der Waals surface area contributed by atoms with E-state index < -0.39 is 0 Å². The Hall–Kier alpha value is -3.41. The summed E-state index contributed by atoms with van der Waals surface area (Å²) in [4.78, 5) is 12.3. The predicted molar refractivity (Wildman–Crippen MR) is 105 cm³/mol. The van der Waals surface area contributed by atoms with Gasteiger partial charge in [0.05, 0.1) is 36.7 Å². The van der Waals surface area contributed by atoms with Crippen molar-refractivity contribution in [3.63, 3.8) is 0 Å². The number of rotatable bonds is 6. The van der Waals surface area contributed by atoms with Gasteiger partial charge in [0.15, 0.2) is 0 Å². The van der Waals surface area contributed by atoms with Crippen molar-refractivity contribution < 1.29 is 4.79 Å². The summed E-state index contributed by atoms with van der Waals surface area (Å²) in [6.45, 7) is 3.27. The van der Waals surface area contributed by atoms with Crippen LogP contribution >= 0.6 is 0 Å². The molecule has 4 aromatic rings. The van der Waals surface area contributed by atoms with Crippen LogP contribution in [0.25, 0.3) is 10.9 Å². The molecule has 27 heavy (non-hydrogen) atoms. The standard InChI is InChI=1S/C21H21N5O/c1-16-6-5-9-18-12-23-26(21(16)18)11-10-20(27)24-19-13-22-25(15-19)14-17-7-3-2-4-8-17/h2-9,12-13,15H,10-11,14H2,1H3,(H,24,27). The maximum absolute atomic E-state index is 12.3. The van der Waals surface area contributed by atoms with Crippen LogP contribution in [0.3, 0.4) is 0 Å². The minimum Gasteiger partial charge on any atom is -0.323 e. The molecule has 0 aliphatic heterocycles. The van der Waals surface area contributed by atoms with Gasteiger partial charge in [-0.15, -0.1) is 0 Å². The Bertz CT molecular complexity index is 1060. The summed E-state index contributed by atoms with van der Waals surface area (Å²) in [5.74, 6) is -0.0495. The number of fused-ring (bicyclic) bond motifs is 1. The molecule has 0 saturated carbocycles. The highest BCUT2D eigenvalue weighted by Crippen LogP contribution is 2.18. The van der Waals surface area contributed by atoms with Gasteiger partial charge in [0.2, 0.25) is 5.91 Å². The van der Waals surface area contributed by atoms with E-state index in [4.69, 9.17) is 0 Å². The maximum atomic E-state index is 12.3. The third kappa shape index (κ3) is 3.89. The fourth-order valence-corrected chi connectivity index (χ4v) is 3.21. The fraction of sp³-hybridized carbons (Fsp3) is 0.190. The average molecular weight is 359 g/mol. The number of carbonyl (C=O) groups excluding carboxylic acids is 1. The van der Waals surface area contributed by atoms with Crippen LogP contribution in [-0.2, 0) is 17.9 Å². The highest BCUT2D eigenvalue weighted by Gasteiger charge is 2.09. The van der Waals surface area contributed by atoms with Gasteiger partial charge >= 0.3 is 0 Å². The summed E-state index contributed by atoms with van der Waals surface area (Å²) in [6.07, 6.45) is 5.72. The number of aromatic nitrogens is 4. The smallest absolute Gasteiger partial charge is 0.226 e. The van der Waals surface area contributed by atoms with E-state index in [0.717, 1.165) is 16.5 Å². The lowest BCUT2D eigenvalue weighted by molar-refractivity contribution is -0.116. The van der Waals surface area contributed by atoms with E-state index in [1.807, 2.05) is 52.1 Å². The molecule has 6 heteroatoms. The lowest BCUT2D eigenvalue weighted by atomic mass is 10.2. The van der Waals surface area contributed by atoms with Crippen molar-refractivity contribution in [2.45, 2.75) is 26.4 Å². The highest BCUT2D eigenvalue weighted by atomic mass is 16.1. The number of nitrogens with one attached hydrogen (secondary N) is 1. The lowest BCUT2D eigenvalue weighted by Gasteiger charge is -2.06. The fourth-order valence-electron chi connectivity index (χ4n) is 3.21. The second-order valence-electron chi connectivity index (χ2n) is 6.59. The summed E-state index contributed by atoms with van der Waals surface area (Å²) in [5.41, 5.74) is 4.12. The number of nitrogens with zero attached hydrogens (tertiary/aromatic N) is 4. The van der Waals surface area contributed by atoms with Crippen LogP contribution in [0.2, 0.25) is 0 Å². The largest absolute Gasteiger partial charge is 0.323 e. The first-order valence-electron chi connectivity index (χ1n) is 8.96. The molecule has 1 N–H and O–H groups in total. The summed E-state index contributed by atoms with van der Waals surface area (Å²) in [5, 5.41) is 12.7. The molecule has 4 rings (SSSR count). The number of benzene rings is 2. The van der Waals surface area contributed by atoms with Crippen molar-refractivity contribution in [2.24, 2.45) is 0 Å². The first-order chi connectivity index (χ1) is 13.2. The molecule has 0 atom stereocenters. The van der Waals surface area contributed by atoms with Crippen molar-refractivity contribution in [1.29, 1.82) is 0 Å². The first kappa shape index (κ1) is 17.0. The topological polar surface area (TPSA) is 64.7 Å². The zero-order valence-electron chi connectivity index (χ0n) is 15.2. The maximum Gasteiger partial charge on any atom is 0.226 e. The number of hydrogen-bond acceptors (Lipinski definition) is 3. The monoisotopic (exact) mass is 359 g/mol. The first-order valence-corrected chi connectivity index (χ1v) is 8.96. The Balaban J connectivity index is 1.36. The van der Waals surface area contributed by atoms with Crippen LogP contribution in [-0.4, -0.2) is 25.5 Å². The molecule has 0 aliphatic carbocycles. The van der Waals surface area contributed by atoms with Gasteiger partial charge < -0.3 is 5.32 Å². The third-order valence-corrected chi connectivity index (χ3v) is 4.52. The van der Waals surface area contributed by atoms with Gasteiger partial charge in [0, 0.05) is 18.0 Å². The Kier molecular flexibility index (Phi) is 4.70. The number of para-hydroxylation sites is 1. The summed E-state index contributed by atoms with van der Waals surface area (Å²) < 4.78 is 3.71. The van der Waals surface area contributed by atoms with Gasteiger partial charge in [0.1, 0.15) is 0 Å². The quantitative estimate of drug-likeness (QED) is 0.572. The van der Waals surface area contributed by atoms with Gasteiger partial charge in [-0.05, 0) is 18.1 Å². The van der Waals surface area contributed by atoms with E-state index in [1.54, 1.807) is 6.20 Å². The van der Waals surface area contributed by atoms with E-state index >= 15 is 0 Å². The van der Waals surface area contributed by atoms with Crippen molar-refractivity contribution >= 4 is 22.5 Å². The molecule has 0 bridgehead atoms. The summed E-state index contributed by atoms with van der Waals surface area (Å²) >= 11 is 0. The van der Waals surface area contributed by atoms with Crippen molar-refractivity contribution in [3.05, 3.63) is 78.2 Å². The summed E-state index contributed by atoms with van der Waals surface area (Å²) in [7, 11) is 0. The normalized spacial score (nSPS) is 11.0. The third-order valence-electron chi connectivity index (χ3n) is 4.52. The van der Waals surface area contributed by atoms with Crippen LogP contribution in [0.15, 0.2) is 67.1 Å². The molecule has 0 radical (unpaired) electrons. The molecule has 2 aromatic heterocycles. The number of anilines is 1. The minimum atomic E-state index is -0.0495. The molecule has 6 nitrogen and oxygen atoms in total. The molecule has 0 spiro atoms. The molecule has 0 fully saturated rings. The molecule has 0 saturated heterocycles. The number of aryl methyl sites for hydroxylation is 2. The van der Waals surface area contributed by atoms with Crippen molar-refractivity contribution in [1.82, 2.24) is 19.6 Å². The second-order valence-corrected chi connectivity index (χ2v) is 6.59. The average Bonchev–Trinajstić information content (AvgIpc) is 3.28. The van der Waals surface area contributed by atoms with Crippen LogP contribution < -0.4 is 5.32 Å². The zero-order valence-corrected chi connectivity index (χ0v) is 15.2. The van der Waals surface area contributed by atoms with Crippen molar-refractivity contribution in [3.8, 4) is 0 Å². The van der Waals surface area contributed by atoms with E-state index in [2.05, 4.69) is 40.6 Å². The van der Waals surface area contributed by atoms with Crippen LogP contribution in [0.1, 0.15) is 17.5 Å². The molecule has 136 valence electrons. The summed E-state index contributed by atoms with van der Waals surface area (Å²) in [6, 6.07) is 16.2. The minimum absolute atomic E-state index is 0.0495. The highest BCUT2D eigenvalue weighted by molar-refractivity contribution is 5.90. The lowest BCUT2D eigenvalue weighted by Crippen LogP contribution is -2.14. The molecule has 2 aromatic carbocycles. The molecular formula is C21H21N5O. The molecule has 0 aliphatic rings. The molecule has 1 amide bonds. The Morgan fingerprint density at radius 2 is 1.89 bits per heavy atom. The molecule has 0 unspecified atom stereocenters. The SMILES string of the molecule is Cc1cccc2cnn(CCC(=O)Nc3cnn(Cc4ccccc4)c3)c12. The van der Waals surface area contributed by atoms with Gasteiger partial charge in [0.25, 0.3) is 0 Å². The number of amides is 1. The van der Waals surface area contributed by atoms with Crippen molar-refractivity contribution in [2.75, 3.05) is 5.32 Å². The zero-order chi connectivity index (χ0) is 18.6. The predicted octanol–water partition coefficient (Wildman–Crippen LogP) is 3.62. The number of hydrogen-bond donors (Lipinski definition) is 1. The Labute approximate surface area is 157 Å². The molecule has 2 heterocycles. The number of carbonyl (C=O) groups is 1. The Morgan fingerprint density at radius 1 is 1.04 bits per heavy atom. The van der Waals surface area contributed by atoms with E-state index in [-0.39, 0.29) is 5.91 Å². The Morgan fingerprint density at radius 3 is 2.74 bits per heavy atom. The van der Waals surface area contributed by atoms with Gasteiger partial charge in [-0.2, -0.15) is 10.2 Å². The van der Waals surface area contributed by atoms with E-state index in [0.29, 0.717) is 25.2 Å². The van der Waals surface area contributed by atoms with Gasteiger partial charge in [-0.25, -0.2) is 0 Å². The molecular weight excluding hydrogens is 338 g/mol. The van der Waals surface area contributed by atoms with E-state index in [9.17, 15) is 4.79 Å². The van der Waals surface area contributed by atoms with Gasteiger partial charge in [-0.1, -0.05) is 48.5 Å². The van der Waals surface area contributed by atoms with E-state index in [1.165, 1.54) is 5.56 Å². The van der Waals surface area contributed by atoms with Crippen LogP contribution in [0, 0.1) is 6.92 Å². The van der Waals surface area contributed by atoms with Crippen LogP contribution in [0.5, 0.6) is 0 Å². The second kappa shape index (κ2) is 7.45.